The standard InChI is InChI=1S/C16H24N6O2/c1-23-12-7-13(15-17-10-18-20-15)22(8-12)9-14-19-16(24-21-14)11-5-3-2-4-6-11/h10-13H,2-9H2,1H3,(H,17,18,20)/t12-,13+/m1/s1. The van der Waals surface area contributed by atoms with Crippen molar-refractivity contribution in [2.45, 2.75) is 63.1 Å². The molecule has 8 nitrogen and oxygen atoms in total. The number of rotatable bonds is 5. The van der Waals surface area contributed by atoms with Gasteiger partial charge < -0.3 is 9.26 Å². The third-order valence-corrected chi connectivity index (χ3v) is 5.23. The zero-order valence-electron chi connectivity index (χ0n) is 14.0. The van der Waals surface area contributed by atoms with Crippen LogP contribution in [0.2, 0.25) is 0 Å². The van der Waals surface area contributed by atoms with E-state index in [-0.39, 0.29) is 12.1 Å². The monoisotopic (exact) mass is 332 g/mol. The fourth-order valence-corrected chi connectivity index (χ4v) is 3.90. The molecule has 2 aromatic rings. The van der Waals surface area contributed by atoms with Gasteiger partial charge in [0.2, 0.25) is 5.89 Å². The van der Waals surface area contributed by atoms with Gasteiger partial charge in [-0.05, 0) is 19.3 Å². The van der Waals surface area contributed by atoms with E-state index in [9.17, 15) is 0 Å². The first kappa shape index (κ1) is 15.7. The first-order valence-electron chi connectivity index (χ1n) is 8.78. The Labute approximate surface area is 141 Å². The van der Waals surface area contributed by atoms with Gasteiger partial charge in [-0.25, -0.2) is 4.98 Å². The molecule has 8 heteroatoms. The van der Waals surface area contributed by atoms with Crippen molar-refractivity contribution in [2.75, 3.05) is 13.7 Å². The van der Waals surface area contributed by atoms with E-state index in [2.05, 4.69) is 30.2 Å². The van der Waals surface area contributed by atoms with Gasteiger partial charge in [-0.3, -0.25) is 10.00 Å². The maximum absolute atomic E-state index is 5.54. The summed E-state index contributed by atoms with van der Waals surface area (Å²) in [6.45, 7) is 1.47. The summed E-state index contributed by atoms with van der Waals surface area (Å²) in [6, 6.07) is 0.147. The highest BCUT2D eigenvalue weighted by molar-refractivity contribution is 5.02. The van der Waals surface area contributed by atoms with Crippen molar-refractivity contribution < 1.29 is 9.26 Å². The number of likely N-dealkylation sites (tertiary alicyclic amines) is 1. The van der Waals surface area contributed by atoms with Crippen molar-refractivity contribution in [1.82, 2.24) is 30.2 Å². The Bertz CT molecular complexity index is 637. The van der Waals surface area contributed by atoms with Crippen LogP contribution in [0.4, 0.5) is 0 Å². The number of ether oxygens (including phenoxy) is 1. The van der Waals surface area contributed by atoms with Crippen molar-refractivity contribution in [3.63, 3.8) is 0 Å². The zero-order chi connectivity index (χ0) is 16.4. The van der Waals surface area contributed by atoms with Crippen LogP contribution in [0.5, 0.6) is 0 Å². The average Bonchev–Trinajstić information content (AvgIpc) is 3.36. The van der Waals surface area contributed by atoms with Gasteiger partial charge in [0, 0.05) is 19.6 Å². The predicted molar refractivity (Wildman–Crippen MR) is 85.1 cm³/mol. The van der Waals surface area contributed by atoms with Gasteiger partial charge in [-0.2, -0.15) is 10.1 Å². The van der Waals surface area contributed by atoms with Crippen molar-refractivity contribution in [3.8, 4) is 0 Å². The molecule has 0 radical (unpaired) electrons. The highest BCUT2D eigenvalue weighted by Crippen LogP contribution is 2.34. The average molecular weight is 332 g/mol. The van der Waals surface area contributed by atoms with E-state index in [1.54, 1.807) is 13.4 Å². The van der Waals surface area contributed by atoms with Gasteiger partial charge in [0.05, 0.1) is 18.7 Å². The minimum Gasteiger partial charge on any atom is -0.380 e. The first-order chi connectivity index (χ1) is 11.8. The number of aromatic nitrogens is 5. The third kappa shape index (κ3) is 3.21. The minimum absolute atomic E-state index is 0.147. The number of hydrogen-bond donors (Lipinski definition) is 1. The van der Waals surface area contributed by atoms with Gasteiger partial charge in [0.25, 0.3) is 0 Å². The Morgan fingerprint density at radius 3 is 2.96 bits per heavy atom. The summed E-state index contributed by atoms with van der Waals surface area (Å²) < 4.78 is 11.1. The van der Waals surface area contributed by atoms with Gasteiger partial charge in [0.15, 0.2) is 5.82 Å². The van der Waals surface area contributed by atoms with Crippen LogP contribution in [0.15, 0.2) is 10.9 Å². The highest BCUT2D eigenvalue weighted by Gasteiger charge is 2.36. The molecule has 2 atom stereocenters. The van der Waals surface area contributed by atoms with E-state index >= 15 is 0 Å². The number of H-pyrrole nitrogens is 1. The van der Waals surface area contributed by atoms with Crippen LogP contribution in [0.1, 0.15) is 68.0 Å². The minimum atomic E-state index is 0.147. The quantitative estimate of drug-likeness (QED) is 0.897. The van der Waals surface area contributed by atoms with Crippen LogP contribution in [0.25, 0.3) is 0 Å². The fourth-order valence-electron chi connectivity index (χ4n) is 3.90. The maximum atomic E-state index is 5.54. The molecule has 24 heavy (non-hydrogen) atoms. The Balaban J connectivity index is 1.46. The molecule has 2 aromatic heterocycles. The third-order valence-electron chi connectivity index (χ3n) is 5.23. The van der Waals surface area contributed by atoms with E-state index in [1.807, 2.05) is 0 Å². The van der Waals surface area contributed by atoms with Crippen LogP contribution in [-0.2, 0) is 11.3 Å². The Hall–Kier alpha value is -1.80. The lowest BCUT2D eigenvalue weighted by Gasteiger charge is -2.20. The van der Waals surface area contributed by atoms with Gasteiger partial charge in [-0.15, -0.1) is 0 Å². The summed E-state index contributed by atoms with van der Waals surface area (Å²) in [5, 5.41) is 11.2. The summed E-state index contributed by atoms with van der Waals surface area (Å²) in [4.78, 5) is 11.2. The van der Waals surface area contributed by atoms with Crippen LogP contribution in [-0.4, -0.2) is 50.0 Å². The lowest BCUT2D eigenvalue weighted by Crippen LogP contribution is -2.26. The second-order valence-electron chi connectivity index (χ2n) is 6.79. The molecule has 1 saturated heterocycles. The second kappa shape index (κ2) is 6.98. The number of methoxy groups -OCH3 is 1. The molecule has 1 aliphatic heterocycles. The summed E-state index contributed by atoms with van der Waals surface area (Å²) in [6.07, 6.45) is 8.79. The Morgan fingerprint density at radius 1 is 1.33 bits per heavy atom. The largest absolute Gasteiger partial charge is 0.380 e. The summed E-state index contributed by atoms with van der Waals surface area (Å²) in [5.74, 6) is 2.86. The Morgan fingerprint density at radius 2 is 2.21 bits per heavy atom. The van der Waals surface area contributed by atoms with Crippen LogP contribution < -0.4 is 0 Å². The number of aromatic amines is 1. The molecule has 1 aliphatic carbocycles. The number of nitrogens with zero attached hydrogens (tertiary/aromatic N) is 5. The van der Waals surface area contributed by atoms with Gasteiger partial charge in [0.1, 0.15) is 12.2 Å². The molecule has 0 bridgehead atoms. The summed E-state index contributed by atoms with van der Waals surface area (Å²) in [5.41, 5.74) is 0. The molecule has 1 saturated carbocycles. The molecule has 0 aromatic carbocycles. The van der Waals surface area contributed by atoms with E-state index in [4.69, 9.17) is 9.26 Å². The lowest BCUT2D eigenvalue weighted by molar-refractivity contribution is 0.106. The van der Waals surface area contributed by atoms with E-state index in [0.29, 0.717) is 12.5 Å². The van der Waals surface area contributed by atoms with E-state index < -0.39 is 0 Å². The molecule has 4 rings (SSSR count). The molecule has 0 amide bonds. The topological polar surface area (TPSA) is 93.0 Å². The highest BCUT2D eigenvalue weighted by atomic mass is 16.5. The fraction of sp³-hybridized carbons (Fsp3) is 0.750. The number of hydrogen-bond acceptors (Lipinski definition) is 7. The molecule has 0 unspecified atom stereocenters. The summed E-state index contributed by atoms with van der Waals surface area (Å²) >= 11 is 0. The van der Waals surface area contributed by atoms with Crippen LogP contribution in [0.3, 0.4) is 0 Å². The predicted octanol–water partition coefficient (Wildman–Crippen LogP) is 2.20. The number of nitrogens with one attached hydrogen (secondary N) is 1. The zero-order valence-corrected chi connectivity index (χ0v) is 14.0. The molecule has 3 heterocycles. The lowest BCUT2D eigenvalue weighted by atomic mass is 9.89. The SMILES string of the molecule is CO[C@@H]1C[C@@H](c2ncn[nH]2)N(Cc2noc(C3CCCCC3)n2)C1. The molecule has 2 aliphatic rings. The molecule has 1 N–H and O–H groups in total. The van der Waals surface area contributed by atoms with Gasteiger partial charge in [-0.1, -0.05) is 24.4 Å². The maximum Gasteiger partial charge on any atom is 0.229 e. The first-order valence-corrected chi connectivity index (χ1v) is 8.78. The molecule has 0 spiro atoms. The van der Waals surface area contributed by atoms with Crippen molar-refractivity contribution in [1.29, 1.82) is 0 Å². The van der Waals surface area contributed by atoms with Crippen molar-refractivity contribution in [2.24, 2.45) is 0 Å². The van der Waals surface area contributed by atoms with E-state index in [0.717, 1.165) is 43.3 Å². The van der Waals surface area contributed by atoms with Crippen LogP contribution in [0, 0.1) is 0 Å². The van der Waals surface area contributed by atoms with Crippen LogP contribution >= 0.6 is 0 Å². The normalized spacial score (nSPS) is 26.2. The molecular formula is C16H24N6O2. The van der Waals surface area contributed by atoms with E-state index in [1.165, 1.54) is 19.3 Å². The second-order valence-corrected chi connectivity index (χ2v) is 6.79. The summed E-state index contributed by atoms with van der Waals surface area (Å²) in [7, 11) is 1.75. The van der Waals surface area contributed by atoms with Crippen molar-refractivity contribution >= 4 is 0 Å². The Kier molecular flexibility index (Phi) is 4.57. The molecule has 2 fully saturated rings. The van der Waals surface area contributed by atoms with Crippen molar-refractivity contribution in [3.05, 3.63) is 23.9 Å². The molecular weight excluding hydrogens is 308 g/mol. The molecule has 130 valence electrons. The smallest absolute Gasteiger partial charge is 0.229 e. The van der Waals surface area contributed by atoms with Gasteiger partial charge >= 0.3 is 0 Å².